The summed E-state index contributed by atoms with van der Waals surface area (Å²) in [4.78, 5) is 40.6. The van der Waals surface area contributed by atoms with E-state index in [0.717, 1.165) is 48.4 Å². The lowest BCUT2D eigenvalue weighted by molar-refractivity contribution is 0.0696. The molecule has 1 aliphatic heterocycles. The highest BCUT2D eigenvalue weighted by molar-refractivity contribution is 7.11. The van der Waals surface area contributed by atoms with E-state index in [2.05, 4.69) is 27.3 Å². The number of hydrogen-bond acceptors (Lipinski definition) is 7. The number of amides is 1. The van der Waals surface area contributed by atoms with Gasteiger partial charge in [-0.3, -0.25) is 14.7 Å². The molecular weight excluding hydrogens is 510 g/mol. The average Bonchev–Trinajstić information content (AvgIpc) is 3.66. The molecule has 0 bridgehead atoms. The van der Waals surface area contributed by atoms with Gasteiger partial charge in [-0.2, -0.15) is 0 Å². The molecule has 9 heteroatoms. The first-order valence-corrected chi connectivity index (χ1v) is 13.5. The second-order valence-electron chi connectivity index (χ2n) is 9.55. The van der Waals surface area contributed by atoms with Crippen molar-refractivity contribution in [1.82, 2.24) is 25.2 Å². The van der Waals surface area contributed by atoms with Crippen molar-refractivity contribution in [3.63, 3.8) is 0 Å². The Labute approximate surface area is 229 Å². The van der Waals surface area contributed by atoms with Crippen LogP contribution >= 0.6 is 11.3 Å². The van der Waals surface area contributed by atoms with Crippen LogP contribution in [-0.2, 0) is 6.54 Å². The number of nitrogens with zero attached hydrogens (tertiary/aromatic N) is 4. The smallest absolute Gasteiger partial charge is 0.335 e. The molecule has 1 aliphatic rings. The Morgan fingerprint density at radius 1 is 0.949 bits per heavy atom. The molecule has 1 amide bonds. The van der Waals surface area contributed by atoms with E-state index < -0.39 is 5.97 Å². The molecular formula is C30H25N5O3S. The maximum absolute atomic E-state index is 12.4. The molecule has 39 heavy (non-hydrogen) atoms. The maximum atomic E-state index is 12.4. The number of carboxylic acid groups (broad SMARTS) is 1. The Morgan fingerprint density at radius 2 is 1.69 bits per heavy atom. The third-order valence-electron chi connectivity index (χ3n) is 6.86. The van der Waals surface area contributed by atoms with Crippen LogP contribution in [0.25, 0.3) is 33.5 Å². The third kappa shape index (κ3) is 5.41. The molecule has 0 aliphatic carbocycles. The van der Waals surface area contributed by atoms with Crippen LogP contribution in [0.3, 0.4) is 0 Å². The minimum absolute atomic E-state index is 0.0603. The van der Waals surface area contributed by atoms with E-state index in [1.807, 2.05) is 42.5 Å². The van der Waals surface area contributed by atoms with Crippen molar-refractivity contribution < 1.29 is 14.7 Å². The van der Waals surface area contributed by atoms with Crippen molar-refractivity contribution in [2.45, 2.75) is 19.0 Å². The quantitative estimate of drug-likeness (QED) is 0.298. The second-order valence-corrected chi connectivity index (χ2v) is 10.4. The van der Waals surface area contributed by atoms with E-state index in [0.29, 0.717) is 21.6 Å². The van der Waals surface area contributed by atoms with Crippen LogP contribution in [0.5, 0.6) is 0 Å². The molecule has 2 aromatic heterocycles. The lowest BCUT2D eigenvalue weighted by atomic mass is 10.0. The van der Waals surface area contributed by atoms with Gasteiger partial charge in [-0.05, 0) is 30.2 Å². The van der Waals surface area contributed by atoms with E-state index in [4.69, 9.17) is 9.97 Å². The number of carbonyl (C=O) groups excluding carboxylic acids is 1. The highest BCUT2D eigenvalue weighted by Crippen LogP contribution is 2.31. The van der Waals surface area contributed by atoms with Gasteiger partial charge in [-0.25, -0.2) is 14.8 Å². The Kier molecular flexibility index (Phi) is 6.83. The molecule has 8 nitrogen and oxygen atoms in total. The molecule has 6 rings (SSSR count). The van der Waals surface area contributed by atoms with Crippen LogP contribution in [0.2, 0.25) is 0 Å². The zero-order valence-electron chi connectivity index (χ0n) is 20.9. The number of carboxylic acids is 1. The van der Waals surface area contributed by atoms with Crippen LogP contribution in [0.4, 0.5) is 0 Å². The lowest BCUT2D eigenvalue weighted by Gasteiger charge is -2.17. The van der Waals surface area contributed by atoms with Gasteiger partial charge in [0.1, 0.15) is 4.88 Å². The third-order valence-corrected chi connectivity index (χ3v) is 7.63. The summed E-state index contributed by atoms with van der Waals surface area (Å²) in [6.45, 7) is 2.49. The van der Waals surface area contributed by atoms with Gasteiger partial charge in [0, 0.05) is 36.8 Å². The maximum Gasteiger partial charge on any atom is 0.335 e. The molecule has 194 valence electrons. The predicted molar refractivity (Wildman–Crippen MR) is 151 cm³/mol. The van der Waals surface area contributed by atoms with E-state index in [1.165, 1.54) is 11.3 Å². The largest absolute Gasteiger partial charge is 0.478 e. The molecule has 3 aromatic carbocycles. The minimum atomic E-state index is -0.996. The van der Waals surface area contributed by atoms with Gasteiger partial charge in [0.05, 0.1) is 39.7 Å². The molecule has 2 N–H and O–H groups in total. The SMILES string of the molecule is O=C(O)c1ccc2nc(-c3ccccc3)c(-c3ccc(CN4CCC(NC(=O)c5cncs5)C4)cc3)nc2c1. The molecule has 1 unspecified atom stereocenters. The van der Waals surface area contributed by atoms with E-state index in [9.17, 15) is 14.7 Å². The number of aromatic nitrogens is 3. The summed E-state index contributed by atoms with van der Waals surface area (Å²) in [6.07, 6.45) is 2.51. The summed E-state index contributed by atoms with van der Waals surface area (Å²) in [7, 11) is 0. The Morgan fingerprint density at radius 3 is 2.41 bits per heavy atom. The number of likely N-dealkylation sites (tertiary alicyclic amines) is 1. The van der Waals surface area contributed by atoms with Crippen LogP contribution in [-0.4, -0.2) is 56.0 Å². The number of aromatic carboxylic acids is 1. The van der Waals surface area contributed by atoms with Crippen molar-refractivity contribution in [3.05, 3.63) is 101 Å². The highest BCUT2D eigenvalue weighted by Gasteiger charge is 2.25. The fraction of sp³-hybridized carbons (Fsp3) is 0.167. The second kappa shape index (κ2) is 10.7. The van der Waals surface area contributed by atoms with Crippen LogP contribution in [0, 0.1) is 0 Å². The summed E-state index contributed by atoms with van der Waals surface area (Å²) < 4.78 is 0. The molecule has 1 atom stereocenters. The fourth-order valence-electron chi connectivity index (χ4n) is 4.89. The van der Waals surface area contributed by atoms with Crippen molar-refractivity contribution in [1.29, 1.82) is 0 Å². The number of fused-ring (bicyclic) bond motifs is 1. The monoisotopic (exact) mass is 535 g/mol. The summed E-state index contributed by atoms with van der Waals surface area (Å²) in [5.74, 6) is -1.06. The van der Waals surface area contributed by atoms with Crippen molar-refractivity contribution in [2.75, 3.05) is 13.1 Å². The number of carbonyl (C=O) groups is 2. The van der Waals surface area contributed by atoms with Crippen molar-refractivity contribution in [2.24, 2.45) is 0 Å². The van der Waals surface area contributed by atoms with E-state index in [1.54, 1.807) is 29.9 Å². The van der Waals surface area contributed by atoms with Gasteiger partial charge in [-0.15, -0.1) is 11.3 Å². The topological polar surface area (TPSA) is 108 Å². The van der Waals surface area contributed by atoms with Gasteiger partial charge >= 0.3 is 5.97 Å². The number of thiazole rings is 1. The van der Waals surface area contributed by atoms with Gasteiger partial charge in [-0.1, -0.05) is 54.6 Å². The van der Waals surface area contributed by atoms with E-state index >= 15 is 0 Å². The fourth-order valence-corrected chi connectivity index (χ4v) is 5.41. The molecule has 0 spiro atoms. The van der Waals surface area contributed by atoms with Crippen molar-refractivity contribution in [3.8, 4) is 22.5 Å². The zero-order chi connectivity index (χ0) is 26.8. The molecule has 3 heterocycles. The van der Waals surface area contributed by atoms with E-state index in [-0.39, 0.29) is 17.5 Å². The van der Waals surface area contributed by atoms with Crippen LogP contribution < -0.4 is 5.32 Å². The van der Waals surface area contributed by atoms with Gasteiger partial charge < -0.3 is 10.4 Å². The summed E-state index contributed by atoms with van der Waals surface area (Å²) in [5, 5.41) is 12.6. The van der Waals surface area contributed by atoms with Gasteiger partial charge in [0.15, 0.2) is 0 Å². The first kappa shape index (κ1) is 24.8. The summed E-state index contributed by atoms with van der Waals surface area (Å²) >= 11 is 1.35. The minimum Gasteiger partial charge on any atom is -0.478 e. The first-order chi connectivity index (χ1) is 19.0. The number of hydrogen-bond donors (Lipinski definition) is 2. The zero-order valence-corrected chi connectivity index (χ0v) is 21.8. The van der Waals surface area contributed by atoms with Crippen molar-refractivity contribution >= 4 is 34.2 Å². The number of benzene rings is 3. The van der Waals surface area contributed by atoms with Crippen LogP contribution in [0.15, 0.2) is 84.5 Å². The average molecular weight is 536 g/mol. The summed E-state index contributed by atoms with van der Waals surface area (Å²) in [5.41, 5.74) is 7.49. The van der Waals surface area contributed by atoms with Gasteiger partial charge in [0.2, 0.25) is 0 Å². The van der Waals surface area contributed by atoms with Crippen LogP contribution in [0.1, 0.15) is 32.0 Å². The standard InChI is InChI=1S/C30H25N5O3S/c36-29(26-15-31-18-39-26)32-23-12-13-35(17-23)16-19-6-8-21(9-7-19)28-27(20-4-2-1-3-5-20)33-24-11-10-22(30(37)38)14-25(24)34-28/h1-11,14-15,18,23H,12-13,16-17H2,(H,32,36)(H,37,38). The molecule has 5 aromatic rings. The number of rotatable bonds is 7. The first-order valence-electron chi connectivity index (χ1n) is 12.6. The molecule has 0 radical (unpaired) electrons. The highest BCUT2D eigenvalue weighted by atomic mass is 32.1. The van der Waals surface area contributed by atoms with Gasteiger partial charge in [0.25, 0.3) is 5.91 Å². The number of nitrogens with one attached hydrogen (secondary N) is 1. The molecule has 1 saturated heterocycles. The Balaban J connectivity index is 1.23. The summed E-state index contributed by atoms with van der Waals surface area (Å²) in [6, 6.07) is 23.1. The lowest BCUT2D eigenvalue weighted by Crippen LogP contribution is -2.36. The Hall–Kier alpha value is -4.47. The molecule has 1 fully saturated rings. The molecule has 0 saturated carbocycles. The Bertz CT molecular complexity index is 1640. The normalized spacial score (nSPS) is 15.4. The predicted octanol–water partition coefficient (Wildman–Crippen LogP) is 5.12.